The summed E-state index contributed by atoms with van der Waals surface area (Å²) in [6.07, 6.45) is 1.58. The zero-order valence-electron chi connectivity index (χ0n) is 12.9. The van der Waals surface area contributed by atoms with Crippen molar-refractivity contribution in [2.45, 2.75) is 25.8 Å². The van der Waals surface area contributed by atoms with E-state index in [9.17, 15) is 9.59 Å². The van der Waals surface area contributed by atoms with E-state index in [0.717, 1.165) is 29.7 Å². The molecule has 5 heteroatoms. The van der Waals surface area contributed by atoms with Crippen molar-refractivity contribution in [3.63, 3.8) is 0 Å². The number of anilines is 1. The van der Waals surface area contributed by atoms with E-state index >= 15 is 0 Å². The number of carbonyl (C=O) groups is 2. The van der Waals surface area contributed by atoms with Gasteiger partial charge in [0.05, 0.1) is 11.4 Å². The number of hydrogen-bond acceptors (Lipinski definition) is 3. The Bertz CT molecular complexity index is 816. The van der Waals surface area contributed by atoms with Gasteiger partial charge in [0.15, 0.2) is 5.69 Å². The number of pyridine rings is 1. The summed E-state index contributed by atoms with van der Waals surface area (Å²) in [5.41, 5.74) is 3.69. The van der Waals surface area contributed by atoms with Crippen molar-refractivity contribution >= 4 is 17.5 Å². The second-order valence-corrected chi connectivity index (χ2v) is 6.05. The maximum atomic E-state index is 12.8. The molecule has 0 unspecified atom stereocenters. The minimum absolute atomic E-state index is 0.111. The summed E-state index contributed by atoms with van der Waals surface area (Å²) in [7, 11) is 0. The topological polar surface area (TPSA) is 62.3 Å². The first kappa shape index (κ1) is 13.9. The minimum Gasteiger partial charge on any atom is -0.325 e. The monoisotopic (exact) mass is 307 g/mol. The molecule has 2 amide bonds. The average molecular weight is 307 g/mol. The van der Waals surface area contributed by atoms with Gasteiger partial charge in [0.2, 0.25) is 5.91 Å². The molecule has 2 aliphatic rings. The van der Waals surface area contributed by atoms with Crippen LogP contribution in [0.5, 0.6) is 0 Å². The number of hydrogen-bond donors (Lipinski definition) is 1. The highest BCUT2D eigenvalue weighted by atomic mass is 16.2. The van der Waals surface area contributed by atoms with Gasteiger partial charge in [0.1, 0.15) is 6.04 Å². The van der Waals surface area contributed by atoms with Crippen LogP contribution in [-0.4, -0.2) is 34.3 Å². The lowest BCUT2D eigenvalue weighted by molar-refractivity contribution is -0.119. The lowest BCUT2D eigenvalue weighted by Crippen LogP contribution is -2.40. The van der Waals surface area contributed by atoms with Crippen LogP contribution in [0.25, 0.3) is 11.3 Å². The molecule has 1 N–H and O–H groups in total. The molecule has 5 nitrogen and oxygen atoms in total. The summed E-state index contributed by atoms with van der Waals surface area (Å²) < 4.78 is 0. The normalized spacial score (nSPS) is 19.9. The first-order valence-electron chi connectivity index (χ1n) is 7.84. The quantitative estimate of drug-likeness (QED) is 0.881. The zero-order valence-corrected chi connectivity index (χ0v) is 12.9. The third-order valence-corrected chi connectivity index (χ3v) is 4.59. The molecule has 1 saturated heterocycles. The third kappa shape index (κ3) is 2.20. The van der Waals surface area contributed by atoms with Gasteiger partial charge in [-0.05, 0) is 37.5 Å². The third-order valence-electron chi connectivity index (χ3n) is 4.59. The van der Waals surface area contributed by atoms with Gasteiger partial charge in [0, 0.05) is 12.1 Å². The van der Waals surface area contributed by atoms with E-state index in [-0.39, 0.29) is 17.9 Å². The second kappa shape index (κ2) is 5.19. The van der Waals surface area contributed by atoms with Crippen LogP contribution in [0.15, 0.2) is 36.4 Å². The first-order chi connectivity index (χ1) is 11.1. The molecule has 1 aromatic heterocycles. The van der Waals surface area contributed by atoms with E-state index in [2.05, 4.69) is 10.3 Å². The highest BCUT2D eigenvalue weighted by Gasteiger charge is 2.39. The van der Waals surface area contributed by atoms with Gasteiger partial charge in [-0.1, -0.05) is 24.3 Å². The molecule has 0 spiro atoms. The van der Waals surface area contributed by atoms with Gasteiger partial charge in [0.25, 0.3) is 5.91 Å². The number of benzene rings is 1. The van der Waals surface area contributed by atoms with Gasteiger partial charge >= 0.3 is 0 Å². The van der Waals surface area contributed by atoms with Crippen LogP contribution in [0.3, 0.4) is 0 Å². The van der Waals surface area contributed by atoms with E-state index in [1.54, 1.807) is 11.0 Å². The van der Waals surface area contributed by atoms with Crippen LogP contribution < -0.4 is 5.32 Å². The summed E-state index contributed by atoms with van der Waals surface area (Å²) in [5.74, 6) is -0.267. The number of amides is 2. The van der Waals surface area contributed by atoms with Gasteiger partial charge in [-0.15, -0.1) is 0 Å². The lowest BCUT2D eigenvalue weighted by atomic mass is 10.0. The summed E-state index contributed by atoms with van der Waals surface area (Å²) in [5, 5.41) is 2.85. The van der Waals surface area contributed by atoms with Crippen molar-refractivity contribution in [1.82, 2.24) is 9.88 Å². The van der Waals surface area contributed by atoms with Crippen molar-refractivity contribution in [3.8, 4) is 11.3 Å². The fraction of sp³-hybridized carbons (Fsp3) is 0.278. The molecule has 2 aromatic rings. The Hall–Kier alpha value is -2.69. The van der Waals surface area contributed by atoms with Crippen molar-refractivity contribution in [2.75, 3.05) is 11.9 Å². The maximum absolute atomic E-state index is 12.8. The molecular formula is C18H17N3O2. The molecule has 1 aromatic carbocycles. The molecule has 1 atom stereocenters. The number of nitrogens with zero attached hydrogens (tertiary/aromatic N) is 2. The molecule has 3 heterocycles. The molecule has 116 valence electrons. The summed E-state index contributed by atoms with van der Waals surface area (Å²) in [6.45, 7) is 2.63. The highest BCUT2D eigenvalue weighted by Crippen LogP contribution is 2.30. The van der Waals surface area contributed by atoms with E-state index in [0.29, 0.717) is 17.9 Å². The molecule has 4 rings (SSSR count). The number of aryl methyl sites for hydroxylation is 1. The zero-order chi connectivity index (χ0) is 16.0. The van der Waals surface area contributed by atoms with Crippen LogP contribution in [0, 0.1) is 6.92 Å². The van der Waals surface area contributed by atoms with Gasteiger partial charge < -0.3 is 10.2 Å². The molecule has 0 bridgehead atoms. The predicted octanol–water partition coefficient (Wildman–Crippen LogP) is 2.61. The first-order valence-corrected chi connectivity index (χ1v) is 7.84. The van der Waals surface area contributed by atoms with E-state index in [4.69, 9.17) is 0 Å². The Labute approximate surface area is 134 Å². The Kier molecular flexibility index (Phi) is 3.15. The molecular weight excluding hydrogens is 290 g/mol. The maximum Gasteiger partial charge on any atom is 0.275 e. The van der Waals surface area contributed by atoms with Gasteiger partial charge in [-0.25, -0.2) is 4.98 Å². The summed E-state index contributed by atoms with van der Waals surface area (Å²) >= 11 is 0. The standard InChI is InChI=1S/C18H17N3O2/c1-11-5-2-3-6-12(11)13-8-9-14-16(19-13)18(23)21-10-4-7-15(21)17(22)20-14/h2-3,5-6,8-9,15H,4,7,10H2,1H3,(H,20,22)/t15-/m0/s1. The number of fused-ring (bicyclic) bond motifs is 2. The highest BCUT2D eigenvalue weighted by molar-refractivity contribution is 6.09. The second-order valence-electron chi connectivity index (χ2n) is 6.05. The molecule has 0 saturated carbocycles. The fourth-order valence-corrected chi connectivity index (χ4v) is 3.37. The molecule has 0 radical (unpaired) electrons. The number of rotatable bonds is 1. The number of aromatic nitrogens is 1. The molecule has 0 aliphatic carbocycles. The summed E-state index contributed by atoms with van der Waals surface area (Å²) in [4.78, 5) is 31.3. The Morgan fingerprint density at radius 2 is 2.00 bits per heavy atom. The Morgan fingerprint density at radius 3 is 2.83 bits per heavy atom. The largest absolute Gasteiger partial charge is 0.325 e. The fourth-order valence-electron chi connectivity index (χ4n) is 3.37. The van der Waals surface area contributed by atoms with Crippen LogP contribution >= 0.6 is 0 Å². The van der Waals surface area contributed by atoms with Crippen LogP contribution in [0.4, 0.5) is 5.69 Å². The van der Waals surface area contributed by atoms with E-state index in [1.807, 2.05) is 37.3 Å². The predicted molar refractivity (Wildman–Crippen MR) is 87.1 cm³/mol. The number of nitrogens with one attached hydrogen (secondary N) is 1. The Morgan fingerprint density at radius 1 is 1.17 bits per heavy atom. The summed E-state index contributed by atoms with van der Waals surface area (Å²) in [6, 6.07) is 11.2. The van der Waals surface area contributed by atoms with Gasteiger partial charge in [-0.3, -0.25) is 9.59 Å². The lowest BCUT2D eigenvalue weighted by Gasteiger charge is -2.19. The SMILES string of the molecule is Cc1ccccc1-c1ccc2c(n1)C(=O)N1CCC[C@H]1C(=O)N2. The Balaban J connectivity index is 1.83. The minimum atomic E-state index is -0.362. The van der Waals surface area contributed by atoms with Crippen molar-refractivity contribution in [3.05, 3.63) is 47.7 Å². The van der Waals surface area contributed by atoms with E-state index in [1.165, 1.54) is 0 Å². The van der Waals surface area contributed by atoms with Gasteiger partial charge in [-0.2, -0.15) is 0 Å². The molecule has 23 heavy (non-hydrogen) atoms. The van der Waals surface area contributed by atoms with Crippen LogP contribution in [-0.2, 0) is 4.79 Å². The van der Waals surface area contributed by atoms with Crippen molar-refractivity contribution in [1.29, 1.82) is 0 Å². The molecule has 1 fully saturated rings. The molecule has 2 aliphatic heterocycles. The smallest absolute Gasteiger partial charge is 0.275 e. The number of carbonyl (C=O) groups excluding carboxylic acids is 2. The van der Waals surface area contributed by atoms with Crippen molar-refractivity contribution < 1.29 is 9.59 Å². The van der Waals surface area contributed by atoms with Crippen LogP contribution in [0.2, 0.25) is 0 Å². The van der Waals surface area contributed by atoms with Crippen molar-refractivity contribution in [2.24, 2.45) is 0 Å². The average Bonchev–Trinajstić information content (AvgIpc) is 3.01. The van der Waals surface area contributed by atoms with Crippen LogP contribution in [0.1, 0.15) is 28.9 Å². The van der Waals surface area contributed by atoms with E-state index < -0.39 is 0 Å².